The molecule has 136 valence electrons. The molecule has 0 aromatic carbocycles. The Kier molecular flexibility index (Phi) is 3.59. The molecule has 4 aliphatic carbocycles. The molecule has 7 heteroatoms. The molecule has 1 saturated heterocycles. The second kappa shape index (κ2) is 5.52. The topological polar surface area (TPSA) is 76.1 Å². The Hall–Kier alpha value is -0.950. The Morgan fingerprint density at radius 1 is 1.16 bits per heavy atom. The fourth-order valence-corrected chi connectivity index (χ4v) is 8.79. The Labute approximate surface area is 152 Å². The van der Waals surface area contributed by atoms with Crippen LogP contribution in [0.5, 0.6) is 0 Å². The number of hydrogen-bond acceptors (Lipinski definition) is 5. The summed E-state index contributed by atoms with van der Waals surface area (Å²) >= 11 is 1.49. The third kappa shape index (κ3) is 2.83. The summed E-state index contributed by atoms with van der Waals surface area (Å²) in [5.74, 6) is 2.11. The Balaban J connectivity index is 1.32. The van der Waals surface area contributed by atoms with Crippen LogP contribution in [-0.4, -0.2) is 30.8 Å². The van der Waals surface area contributed by atoms with Crippen LogP contribution in [0.25, 0.3) is 0 Å². The monoisotopic (exact) mass is 380 g/mol. The van der Waals surface area contributed by atoms with Crippen molar-refractivity contribution in [3.05, 3.63) is 11.1 Å². The highest BCUT2D eigenvalue weighted by atomic mass is 32.2. The van der Waals surface area contributed by atoms with E-state index in [4.69, 9.17) is 4.98 Å². The average molecular weight is 381 g/mol. The highest BCUT2D eigenvalue weighted by Crippen LogP contribution is 2.60. The lowest BCUT2D eigenvalue weighted by Gasteiger charge is -2.56. The first kappa shape index (κ1) is 16.2. The molecule has 2 heterocycles. The molecule has 6 rings (SSSR count). The summed E-state index contributed by atoms with van der Waals surface area (Å²) in [7, 11) is -3.04. The van der Waals surface area contributed by atoms with Crippen molar-refractivity contribution in [1.29, 1.82) is 0 Å². The van der Waals surface area contributed by atoms with Crippen LogP contribution in [0.4, 0.5) is 5.13 Å². The molecule has 1 aliphatic heterocycles. The van der Waals surface area contributed by atoms with Gasteiger partial charge in [-0.05, 0) is 62.7 Å². The molecule has 5 fully saturated rings. The lowest BCUT2D eigenvalue weighted by atomic mass is 9.49. The summed E-state index contributed by atoms with van der Waals surface area (Å²) in [6.07, 6.45) is 8.43. The summed E-state index contributed by atoms with van der Waals surface area (Å²) in [5, 5.41) is 5.65. The number of amides is 1. The van der Waals surface area contributed by atoms with Gasteiger partial charge in [0.15, 0.2) is 15.0 Å². The Morgan fingerprint density at radius 2 is 1.80 bits per heavy atom. The van der Waals surface area contributed by atoms with Gasteiger partial charge in [-0.25, -0.2) is 13.4 Å². The average Bonchev–Trinajstić information content (AvgIpc) is 3.13. The van der Waals surface area contributed by atoms with E-state index in [1.165, 1.54) is 55.6 Å². The lowest BCUT2D eigenvalue weighted by molar-refractivity contribution is -0.119. The highest BCUT2D eigenvalue weighted by Gasteiger charge is 2.52. The molecule has 0 spiro atoms. The van der Waals surface area contributed by atoms with Crippen LogP contribution in [0, 0.1) is 23.7 Å². The van der Waals surface area contributed by atoms with Crippen molar-refractivity contribution in [3.8, 4) is 0 Å². The minimum absolute atomic E-state index is 0.0218. The second-order valence-electron chi connectivity index (χ2n) is 8.82. The minimum Gasteiger partial charge on any atom is -0.302 e. The van der Waals surface area contributed by atoms with Crippen LogP contribution in [0.2, 0.25) is 0 Å². The summed E-state index contributed by atoms with van der Waals surface area (Å²) in [6, 6.07) is 0. The molecule has 5 aliphatic rings. The van der Waals surface area contributed by atoms with E-state index in [0.717, 1.165) is 17.8 Å². The quantitative estimate of drug-likeness (QED) is 0.875. The third-order valence-corrected chi connectivity index (χ3v) is 9.44. The van der Waals surface area contributed by atoms with Crippen molar-refractivity contribution in [2.45, 2.75) is 50.4 Å². The second-order valence-corrected chi connectivity index (χ2v) is 11.9. The fraction of sp³-hybridized carbons (Fsp3) is 0.778. The van der Waals surface area contributed by atoms with Gasteiger partial charge in [-0.1, -0.05) is 0 Å². The van der Waals surface area contributed by atoms with Crippen LogP contribution in [-0.2, 0) is 20.0 Å². The van der Waals surface area contributed by atoms with Crippen molar-refractivity contribution < 1.29 is 13.2 Å². The molecule has 4 saturated carbocycles. The van der Waals surface area contributed by atoms with Crippen molar-refractivity contribution in [2.24, 2.45) is 23.7 Å². The molecular formula is C18H24N2O3S2. The first-order valence-electron chi connectivity index (χ1n) is 9.38. The number of rotatable bonds is 3. The smallest absolute Gasteiger partial charge is 0.230 e. The Bertz CT molecular complexity index is 779. The van der Waals surface area contributed by atoms with Crippen LogP contribution in [0.15, 0.2) is 5.38 Å². The lowest BCUT2D eigenvalue weighted by Crippen LogP contribution is -2.48. The van der Waals surface area contributed by atoms with E-state index in [1.54, 1.807) is 0 Å². The molecule has 1 atom stereocenters. The van der Waals surface area contributed by atoms with Gasteiger partial charge in [-0.15, -0.1) is 11.3 Å². The van der Waals surface area contributed by atoms with Crippen molar-refractivity contribution in [1.82, 2.24) is 4.98 Å². The standard InChI is InChI=1S/C18H24N2O3S2/c21-16(14-1-2-25(22,23)10-14)20-17-19-15(9-24-17)18-6-11-3-12(7-18)5-13(4-11)8-18/h9,11-14H,1-8,10H2,(H,19,20,21)/t11?,12?,13?,14-,18?/m1/s1. The Morgan fingerprint density at radius 3 is 2.36 bits per heavy atom. The van der Waals surface area contributed by atoms with E-state index in [9.17, 15) is 13.2 Å². The van der Waals surface area contributed by atoms with E-state index in [0.29, 0.717) is 11.6 Å². The van der Waals surface area contributed by atoms with E-state index >= 15 is 0 Å². The number of nitrogens with zero attached hydrogens (tertiary/aromatic N) is 1. The molecule has 5 nitrogen and oxygen atoms in total. The van der Waals surface area contributed by atoms with Gasteiger partial charge in [0, 0.05) is 10.8 Å². The zero-order chi connectivity index (χ0) is 17.2. The largest absolute Gasteiger partial charge is 0.302 e. The predicted molar refractivity (Wildman–Crippen MR) is 97.4 cm³/mol. The maximum atomic E-state index is 12.4. The van der Waals surface area contributed by atoms with Gasteiger partial charge < -0.3 is 5.32 Å². The SMILES string of the molecule is O=C(Nc1nc(C23CC4CC(CC(C4)C2)C3)cs1)[C@@H]1CCS(=O)(=O)C1. The van der Waals surface area contributed by atoms with Crippen LogP contribution in [0.1, 0.15) is 50.6 Å². The molecular weight excluding hydrogens is 356 g/mol. The van der Waals surface area contributed by atoms with Gasteiger partial charge in [-0.2, -0.15) is 0 Å². The number of aromatic nitrogens is 1. The number of carbonyl (C=O) groups is 1. The zero-order valence-corrected chi connectivity index (χ0v) is 15.9. The van der Waals surface area contributed by atoms with E-state index in [1.807, 2.05) is 0 Å². The van der Waals surface area contributed by atoms with Gasteiger partial charge >= 0.3 is 0 Å². The first-order chi connectivity index (χ1) is 11.9. The van der Waals surface area contributed by atoms with Crippen LogP contribution in [0.3, 0.4) is 0 Å². The van der Waals surface area contributed by atoms with Gasteiger partial charge in [0.05, 0.1) is 23.1 Å². The fourth-order valence-electron chi connectivity index (χ4n) is 6.21. The van der Waals surface area contributed by atoms with Crippen molar-refractivity contribution in [2.75, 3.05) is 16.8 Å². The van der Waals surface area contributed by atoms with E-state index < -0.39 is 15.8 Å². The zero-order valence-electron chi connectivity index (χ0n) is 14.2. The maximum absolute atomic E-state index is 12.4. The van der Waals surface area contributed by atoms with Crippen molar-refractivity contribution in [3.63, 3.8) is 0 Å². The molecule has 0 unspecified atom stereocenters. The molecule has 0 radical (unpaired) electrons. The van der Waals surface area contributed by atoms with Crippen molar-refractivity contribution >= 4 is 32.2 Å². The van der Waals surface area contributed by atoms with Gasteiger partial charge in [0.2, 0.25) is 5.91 Å². The summed E-state index contributed by atoms with van der Waals surface area (Å²) in [4.78, 5) is 17.1. The summed E-state index contributed by atoms with van der Waals surface area (Å²) in [6.45, 7) is 0. The normalized spacial score (nSPS) is 41.1. The highest BCUT2D eigenvalue weighted by molar-refractivity contribution is 7.91. The number of nitrogens with one attached hydrogen (secondary N) is 1. The number of thiazole rings is 1. The van der Waals surface area contributed by atoms with E-state index in [2.05, 4.69) is 10.7 Å². The molecule has 1 aromatic heterocycles. The van der Waals surface area contributed by atoms with Gasteiger partial charge in [-0.3, -0.25) is 4.79 Å². The molecule has 25 heavy (non-hydrogen) atoms. The van der Waals surface area contributed by atoms with Gasteiger partial charge in [0.25, 0.3) is 0 Å². The number of anilines is 1. The van der Waals surface area contributed by atoms with Gasteiger partial charge in [0.1, 0.15) is 0 Å². The summed E-state index contributed by atoms with van der Waals surface area (Å²) < 4.78 is 23.1. The van der Waals surface area contributed by atoms with Crippen LogP contribution < -0.4 is 5.32 Å². The minimum atomic E-state index is -3.04. The van der Waals surface area contributed by atoms with E-state index in [-0.39, 0.29) is 22.8 Å². The number of carbonyl (C=O) groups excluding carboxylic acids is 1. The molecule has 1 aromatic rings. The third-order valence-electron chi connectivity index (χ3n) is 6.92. The number of sulfone groups is 1. The molecule has 4 bridgehead atoms. The summed E-state index contributed by atoms with van der Waals surface area (Å²) in [5.41, 5.74) is 1.41. The first-order valence-corrected chi connectivity index (χ1v) is 12.1. The predicted octanol–water partition coefficient (Wildman–Crippen LogP) is 2.98. The molecule has 1 N–H and O–H groups in total. The van der Waals surface area contributed by atoms with Crippen LogP contribution >= 0.6 is 11.3 Å². The number of hydrogen-bond donors (Lipinski definition) is 1. The maximum Gasteiger partial charge on any atom is 0.230 e. The molecule has 1 amide bonds.